The van der Waals surface area contributed by atoms with E-state index in [-0.39, 0.29) is 24.8 Å². The molecule has 138 valence electrons. The van der Waals surface area contributed by atoms with Crippen LogP contribution in [0, 0.1) is 5.82 Å². The van der Waals surface area contributed by atoms with Crippen LogP contribution in [-0.2, 0) is 9.59 Å². The quantitative estimate of drug-likeness (QED) is 0.562. The molecule has 27 heavy (non-hydrogen) atoms. The van der Waals surface area contributed by atoms with E-state index < -0.39 is 5.82 Å². The van der Waals surface area contributed by atoms with Gasteiger partial charge in [-0.05, 0) is 35.9 Å². The van der Waals surface area contributed by atoms with Crippen molar-refractivity contribution in [2.45, 2.75) is 6.42 Å². The smallest absolute Gasteiger partial charge is 0.266 e. The molecule has 3 rings (SSSR count). The van der Waals surface area contributed by atoms with Gasteiger partial charge in [-0.2, -0.15) is 0 Å². The molecule has 0 unspecified atom stereocenters. The topological polar surface area (TPSA) is 49.4 Å². The summed E-state index contributed by atoms with van der Waals surface area (Å²) in [5.74, 6) is -1.03. The number of amides is 2. The highest BCUT2D eigenvalue weighted by Crippen LogP contribution is 2.33. The van der Waals surface area contributed by atoms with Gasteiger partial charge in [-0.15, -0.1) is 0 Å². The number of thiocarbonyl (C=S) groups is 1. The van der Waals surface area contributed by atoms with Crippen LogP contribution >= 0.6 is 35.6 Å². The summed E-state index contributed by atoms with van der Waals surface area (Å²) in [5, 5.41) is 3.13. The molecule has 2 aromatic carbocycles. The lowest BCUT2D eigenvalue weighted by Gasteiger charge is -2.14. The van der Waals surface area contributed by atoms with Crippen LogP contribution < -0.4 is 5.32 Å². The van der Waals surface area contributed by atoms with E-state index in [1.165, 1.54) is 34.9 Å². The van der Waals surface area contributed by atoms with Crippen molar-refractivity contribution in [3.05, 3.63) is 69.8 Å². The van der Waals surface area contributed by atoms with Gasteiger partial charge >= 0.3 is 0 Å². The number of nitrogens with one attached hydrogen (secondary N) is 1. The average molecular weight is 421 g/mol. The first-order valence-corrected chi connectivity index (χ1v) is 9.59. The Bertz CT molecular complexity index is 949. The number of nitrogens with zero attached hydrogens (tertiary/aromatic N) is 1. The minimum Gasteiger partial charge on any atom is -0.326 e. The average Bonchev–Trinajstić information content (AvgIpc) is 2.88. The Morgan fingerprint density at radius 2 is 2.04 bits per heavy atom. The van der Waals surface area contributed by atoms with Crippen LogP contribution in [-0.4, -0.2) is 27.6 Å². The van der Waals surface area contributed by atoms with E-state index in [0.717, 1.165) is 5.56 Å². The zero-order chi connectivity index (χ0) is 19.4. The van der Waals surface area contributed by atoms with Crippen LogP contribution in [0.15, 0.2) is 53.4 Å². The normalized spacial score (nSPS) is 15.5. The van der Waals surface area contributed by atoms with E-state index in [4.69, 9.17) is 23.8 Å². The van der Waals surface area contributed by atoms with Crippen molar-refractivity contribution in [1.29, 1.82) is 0 Å². The third kappa shape index (κ3) is 4.94. The van der Waals surface area contributed by atoms with E-state index >= 15 is 0 Å². The minimum atomic E-state index is -0.436. The molecule has 8 heteroatoms. The molecule has 0 spiro atoms. The van der Waals surface area contributed by atoms with Crippen molar-refractivity contribution in [2.75, 3.05) is 11.9 Å². The van der Waals surface area contributed by atoms with Crippen molar-refractivity contribution in [3.8, 4) is 0 Å². The van der Waals surface area contributed by atoms with Gasteiger partial charge in [0.25, 0.3) is 5.91 Å². The van der Waals surface area contributed by atoms with E-state index in [1.54, 1.807) is 24.3 Å². The molecule has 1 heterocycles. The second kappa shape index (κ2) is 8.65. The van der Waals surface area contributed by atoms with Gasteiger partial charge in [-0.1, -0.05) is 59.8 Å². The highest BCUT2D eigenvalue weighted by Gasteiger charge is 2.32. The molecule has 1 aliphatic heterocycles. The fourth-order valence-corrected chi connectivity index (χ4v) is 3.92. The monoisotopic (exact) mass is 420 g/mol. The summed E-state index contributed by atoms with van der Waals surface area (Å²) in [6.45, 7) is 0.145. The fraction of sp³-hybridized carbons (Fsp3) is 0.105. The number of rotatable bonds is 5. The second-order valence-corrected chi connectivity index (χ2v) is 7.75. The summed E-state index contributed by atoms with van der Waals surface area (Å²) in [5.41, 5.74) is 1.09. The molecule has 0 aromatic heterocycles. The zero-order valence-electron chi connectivity index (χ0n) is 13.9. The fourth-order valence-electron chi connectivity index (χ4n) is 2.43. The molecule has 0 saturated carbocycles. The van der Waals surface area contributed by atoms with Crippen LogP contribution in [0.1, 0.15) is 12.0 Å². The lowest BCUT2D eigenvalue weighted by atomic mass is 10.2. The molecule has 1 N–H and O–H groups in total. The van der Waals surface area contributed by atoms with Gasteiger partial charge in [0, 0.05) is 23.7 Å². The SMILES string of the molecule is O=C(CCN1C(=O)/C(=C\c2ccccc2Cl)SC1=S)Nc1cccc(F)c1. The van der Waals surface area contributed by atoms with Crippen molar-refractivity contribution in [1.82, 2.24) is 4.90 Å². The third-order valence-electron chi connectivity index (χ3n) is 3.74. The first-order valence-electron chi connectivity index (χ1n) is 7.99. The molecule has 4 nitrogen and oxygen atoms in total. The Labute approximate surface area is 170 Å². The number of hydrogen-bond donors (Lipinski definition) is 1. The van der Waals surface area contributed by atoms with Crippen LogP contribution in [0.25, 0.3) is 6.08 Å². The van der Waals surface area contributed by atoms with Crippen LogP contribution in [0.2, 0.25) is 5.02 Å². The Kier molecular flexibility index (Phi) is 6.26. The molecule has 1 aliphatic rings. The maximum Gasteiger partial charge on any atom is 0.266 e. The number of carbonyl (C=O) groups is 2. The molecular weight excluding hydrogens is 407 g/mol. The minimum absolute atomic E-state index is 0.0440. The van der Waals surface area contributed by atoms with Gasteiger partial charge in [-0.3, -0.25) is 14.5 Å². The van der Waals surface area contributed by atoms with E-state index in [9.17, 15) is 14.0 Å². The van der Waals surface area contributed by atoms with E-state index in [2.05, 4.69) is 5.32 Å². The van der Waals surface area contributed by atoms with Gasteiger partial charge in [0.2, 0.25) is 5.91 Å². The molecule has 0 radical (unpaired) electrons. The summed E-state index contributed by atoms with van der Waals surface area (Å²) in [6.07, 6.45) is 1.73. The van der Waals surface area contributed by atoms with Gasteiger partial charge in [0.05, 0.1) is 4.91 Å². The van der Waals surface area contributed by atoms with E-state index in [1.807, 2.05) is 12.1 Å². The predicted octanol–water partition coefficient (Wildman–Crippen LogP) is 4.71. The zero-order valence-corrected chi connectivity index (χ0v) is 16.3. The second-order valence-electron chi connectivity index (χ2n) is 5.66. The lowest BCUT2D eigenvalue weighted by Crippen LogP contribution is -2.31. The largest absolute Gasteiger partial charge is 0.326 e. The van der Waals surface area contributed by atoms with Crippen molar-refractivity contribution < 1.29 is 14.0 Å². The summed E-state index contributed by atoms with van der Waals surface area (Å²) < 4.78 is 13.5. The van der Waals surface area contributed by atoms with Crippen molar-refractivity contribution in [2.24, 2.45) is 0 Å². The van der Waals surface area contributed by atoms with Crippen LogP contribution in [0.4, 0.5) is 10.1 Å². The lowest BCUT2D eigenvalue weighted by molar-refractivity contribution is -0.122. The number of thioether (sulfide) groups is 1. The number of carbonyl (C=O) groups excluding carboxylic acids is 2. The van der Waals surface area contributed by atoms with Crippen LogP contribution in [0.5, 0.6) is 0 Å². The maximum absolute atomic E-state index is 13.2. The summed E-state index contributed by atoms with van der Waals surface area (Å²) >= 11 is 12.6. The Hall–Kier alpha value is -2.22. The molecule has 0 bridgehead atoms. The van der Waals surface area contributed by atoms with Gasteiger partial charge in [0.15, 0.2) is 0 Å². The standard InChI is InChI=1S/C19H14ClFN2O2S2/c20-15-7-2-1-4-12(15)10-16-18(25)23(19(26)27-16)9-8-17(24)22-14-6-3-5-13(21)11-14/h1-7,10-11H,8-9H2,(H,22,24)/b16-10+. The molecule has 1 saturated heterocycles. The first kappa shape index (κ1) is 19.5. The maximum atomic E-state index is 13.2. The van der Waals surface area contributed by atoms with Crippen LogP contribution in [0.3, 0.4) is 0 Å². The van der Waals surface area contributed by atoms with Gasteiger partial charge in [-0.25, -0.2) is 4.39 Å². The molecule has 2 aromatic rings. The highest BCUT2D eigenvalue weighted by molar-refractivity contribution is 8.26. The molecule has 0 atom stereocenters. The highest BCUT2D eigenvalue weighted by atomic mass is 35.5. The molecule has 0 aliphatic carbocycles. The predicted molar refractivity (Wildman–Crippen MR) is 111 cm³/mol. The number of halogens is 2. The molecule has 2 amide bonds. The third-order valence-corrected chi connectivity index (χ3v) is 5.46. The summed E-state index contributed by atoms with van der Waals surface area (Å²) in [7, 11) is 0. The first-order chi connectivity index (χ1) is 12.9. The van der Waals surface area contributed by atoms with Gasteiger partial charge in [0.1, 0.15) is 10.1 Å². The Morgan fingerprint density at radius 1 is 1.26 bits per heavy atom. The Morgan fingerprint density at radius 3 is 2.78 bits per heavy atom. The van der Waals surface area contributed by atoms with Crippen molar-refractivity contribution in [3.63, 3.8) is 0 Å². The summed E-state index contributed by atoms with van der Waals surface area (Å²) in [6, 6.07) is 12.8. The number of anilines is 1. The number of benzene rings is 2. The summed E-state index contributed by atoms with van der Waals surface area (Å²) in [4.78, 5) is 26.5. The van der Waals surface area contributed by atoms with Gasteiger partial charge < -0.3 is 5.32 Å². The molecule has 1 fully saturated rings. The number of hydrogen-bond acceptors (Lipinski definition) is 4. The Balaban J connectivity index is 1.62. The van der Waals surface area contributed by atoms with E-state index in [0.29, 0.717) is 19.9 Å². The van der Waals surface area contributed by atoms with Crippen molar-refractivity contribution >= 4 is 63.5 Å². The molecular formula is C19H14ClFN2O2S2.